The molecule has 4 nitrogen and oxygen atoms in total. The van der Waals surface area contributed by atoms with E-state index in [0.29, 0.717) is 22.7 Å². The van der Waals surface area contributed by atoms with E-state index in [0.717, 1.165) is 11.3 Å². The van der Waals surface area contributed by atoms with Crippen LogP contribution in [-0.4, -0.2) is 29.9 Å². The van der Waals surface area contributed by atoms with Crippen molar-refractivity contribution in [3.63, 3.8) is 0 Å². The van der Waals surface area contributed by atoms with Crippen molar-refractivity contribution < 1.29 is 9.59 Å². The molecule has 0 fully saturated rings. The predicted octanol–water partition coefficient (Wildman–Crippen LogP) is 4.14. The van der Waals surface area contributed by atoms with Gasteiger partial charge in [0.15, 0.2) is 0 Å². The number of halogens is 1. The summed E-state index contributed by atoms with van der Waals surface area (Å²) in [6.07, 6.45) is 2.52. The molecule has 0 saturated carbocycles. The number of hydrogen-bond acceptors (Lipinski definition) is 3. The Kier molecular flexibility index (Phi) is 7.34. The van der Waals surface area contributed by atoms with E-state index in [9.17, 15) is 9.59 Å². The van der Waals surface area contributed by atoms with Gasteiger partial charge in [0, 0.05) is 16.3 Å². The molecule has 0 aliphatic rings. The Morgan fingerprint density at radius 3 is 2.52 bits per heavy atom. The molecule has 0 bridgehead atoms. The van der Waals surface area contributed by atoms with Gasteiger partial charge in [-0.15, -0.1) is 0 Å². The molecule has 0 aliphatic carbocycles. The summed E-state index contributed by atoms with van der Waals surface area (Å²) in [4.78, 5) is 25.0. The molecule has 2 N–H and O–H groups in total. The minimum absolute atomic E-state index is 0.233. The van der Waals surface area contributed by atoms with Crippen LogP contribution in [0.25, 0.3) is 0 Å². The van der Waals surface area contributed by atoms with Crippen LogP contribution < -0.4 is 10.6 Å². The van der Waals surface area contributed by atoms with Gasteiger partial charge in [-0.25, -0.2) is 0 Å². The molecule has 25 heavy (non-hydrogen) atoms. The topological polar surface area (TPSA) is 58.2 Å². The maximum Gasteiger partial charge on any atom is 0.251 e. The van der Waals surface area contributed by atoms with E-state index in [1.165, 1.54) is 0 Å². The van der Waals surface area contributed by atoms with E-state index >= 15 is 0 Å². The molecule has 2 amide bonds. The summed E-state index contributed by atoms with van der Waals surface area (Å²) < 4.78 is 0. The molecule has 2 aromatic carbocycles. The van der Waals surface area contributed by atoms with Gasteiger partial charge in [-0.05, 0) is 61.2 Å². The number of thioether (sulfide) groups is 1. The number of nitrogens with one attached hydrogen (secondary N) is 2. The number of aryl methyl sites for hydroxylation is 1. The summed E-state index contributed by atoms with van der Waals surface area (Å²) in [5, 5.41) is 6.33. The highest BCUT2D eigenvalue weighted by Crippen LogP contribution is 2.20. The largest absolute Gasteiger partial charge is 0.340 e. The van der Waals surface area contributed by atoms with Crippen LogP contribution in [0.15, 0.2) is 48.5 Å². The molecule has 0 radical (unpaired) electrons. The number of rotatable bonds is 7. The molecule has 0 spiro atoms. The molecule has 2 rings (SSSR count). The van der Waals surface area contributed by atoms with E-state index in [4.69, 9.17) is 11.6 Å². The summed E-state index contributed by atoms with van der Waals surface area (Å²) in [5.41, 5.74) is 2.10. The Hall–Kier alpha value is -1.98. The summed E-state index contributed by atoms with van der Waals surface area (Å²) in [7, 11) is 0. The Morgan fingerprint density at radius 1 is 1.16 bits per heavy atom. The number of anilines is 1. The van der Waals surface area contributed by atoms with E-state index in [1.54, 1.807) is 54.2 Å². The standard InChI is InChI=1S/C19H21ClN2O2S/c1-13-12-15(20)8-9-16(13)21-19(24)17(10-11-25-2)22-18(23)14-6-4-3-5-7-14/h3-9,12,17H,10-11H2,1-2H3,(H,21,24)(H,22,23). The van der Waals surface area contributed by atoms with Gasteiger partial charge in [-0.3, -0.25) is 9.59 Å². The summed E-state index contributed by atoms with van der Waals surface area (Å²) in [6, 6.07) is 13.6. The molecular weight excluding hydrogens is 356 g/mol. The van der Waals surface area contributed by atoms with Crippen molar-refractivity contribution in [2.24, 2.45) is 0 Å². The summed E-state index contributed by atoms with van der Waals surface area (Å²) >= 11 is 7.58. The second kappa shape index (κ2) is 9.49. The molecule has 6 heteroatoms. The number of amides is 2. The molecule has 132 valence electrons. The quantitative estimate of drug-likeness (QED) is 0.763. The third-order valence-corrected chi connectivity index (χ3v) is 4.59. The van der Waals surface area contributed by atoms with Crippen LogP contribution in [0.5, 0.6) is 0 Å². The van der Waals surface area contributed by atoms with Crippen LogP contribution in [-0.2, 0) is 4.79 Å². The fraction of sp³-hybridized carbons (Fsp3) is 0.263. The Labute approximate surface area is 157 Å². The molecule has 1 atom stereocenters. The Bertz CT molecular complexity index is 737. The highest BCUT2D eigenvalue weighted by molar-refractivity contribution is 7.98. The molecule has 2 aromatic rings. The SMILES string of the molecule is CSCCC(NC(=O)c1ccccc1)C(=O)Nc1ccc(Cl)cc1C. The Balaban J connectivity index is 2.10. The van der Waals surface area contributed by atoms with Gasteiger partial charge in [0.2, 0.25) is 5.91 Å². The van der Waals surface area contributed by atoms with Crippen LogP contribution >= 0.6 is 23.4 Å². The average Bonchev–Trinajstić information content (AvgIpc) is 2.61. The lowest BCUT2D eigenvalue weighted by molar-refractivity contribution is -0.118. The van der Waals surface area contributed by atoms with Crippen molar-refractivity contribution in [3.05, 3.63) is 64.7 Å². The third-order valence-electron chi connectivity index (χ3n) is 3.71. The summed E-state index contributed by atoms with van der Waals surface area (Å²) in [6.45, 7) is 1.88. The van der Waals surface area contributed by atoms with Gasteiger partial charge < -0.3 is 10.6 Å². The monoisotopic (exact) mass is 376 g/mol. The number of carbonyl (C=O) groups excluding carboxylic acids is 2. The molecule has 0 heterocycles. The number of carbonyl (C=O) groups is 2. The average molecular weight is 377 g/mol. The zero-order chi connectivity index (χ0) is 18.2. The predicted molar refractivity (Wildman–Crippen MR) is 106 cm³/mol. The lowest BCUT2D eigenvalue weighted by atomic mass is 10.1. The van der Waals surface area contributed by atoms with Crippen LogP contribution in [0.3, 0.4) is 0 Å². The van der Waals surface area contributed by atoms with Crippen LogP contribution in [0.2, 0.25) is 5.02 Å². The normalized spacial score (nSPS) is 11.6. The second-order valence-electron chi connectivity index (χ2n) is 5.62. The van der Waals surface area contributed by atoms with E-state index < -0.39 is 6.04 Å². The molecule has 1 unspecified atom stereocenters. The zero-order valence-corrected chi connectivity index (χ0v) is 15.8. The highest BCUT2D eigenvalue weighted by Gasteiger charge is 2.21. The van der Waals surface area contributed by atoms with Gasteiger partial charge in [0.25, 0.3) is 5.91 Å². The zero-order valence-electron chi connectivity index (χ0n) is 14.2. The van der Waals surface area contributed by atoms with Crippen molar-refractivity contribution in [3.8, 4) is 0 Å². The fourth-order valence-corrected chi connectivity index (χ4v) is 3.02. The Morgan fingerprint density at radius 2 is 1.88 bits per heavy atom. The first-order valence-corrected chi connectivity index (χ1v) is 9.70. The molecule has 0 aliphatic heterocycles. The van der Waals surface area contributed by atoms with Gasteiger partial charge in [-0.1, -0.05) is 29.8 Å². The fourth-order valence-electron chi connectivity index (χ4n) is 2.32. The summed E-state index contributed by atoms with van der Waals surface area (Å²) in [5.74, 6) is 0.283. The van der Waals surface area contributed by atoms with Crippen molar-refractivity contribution in [2.45, 2.75) is 19.4 Å². The first-order chi connectivity index (χ1) is 12.0. The van der Waals surface area contributed by atoms with Gasteiger partial charge in [0.1, 0.15) is 6.04 Å². The molecule has 0 aromatic heterocycles. The lowest BCUT2D eigenvalue weighted by Gasteiger charge is -2.19. The van der Waals surface area contributed by atoms with Crippen LogP contribution in [0.4, 0.5) is 5.69 Å². The van der Waals surface area contributed by atoms with Crippen LogP contribution in [0.1, 0.15) is 22.3 Å². The van der Waals surface area contributed by atoms with Crippen molar-refractivity contribution >= 4 is 40.9 Å². The van der Waals surface area contributed by atoms with E-state index in [-0.39, 0.29) is 11.8 Å². The third kappa shape index (κ3) is 5.80. The number of hydrogen-bond donors (Lipinski definition) is 2. The minimum Gasteiger partial charge on any atom is -0.340 e. The minimum atomic E-state index is -0.602. The van der Waals surface area contributed by atoms with Crippen LogP contribution in [0, 0.1) is 6.92 Å². The van der Waals surface area contributed by atoms with E-state index in [1.807, 2.05) is 19.2 Å². The van der Waals surface area contributed by atoms with Gasteiger partial charge >= 0.3 is 0 Å². The maximum absolute atomic E-state index is 12.7. The van der Waals surface area contributed by atoms with Crippen molar-refractivity contribution in [1.29, 1.82) is 0 Å². The van der Waals surface area contributed by atoms with E-state index in [2.05, 4.69) is 10.6 Å². The molecule has 0 saturated heterocycles. The maximum atomic E-state index is 12.7. The smallest absolute Gasteiger partial charge is 0.251 e. The first kappa shape index (κ1) is 19.3. The second-order valence-corrected chi connectivity index (χ2v) is 7.04. The lowest BCUT2D eigenvalue weighted by Crippen LogP contribution is -2.44. The van der Waals surface area contributed by atoms with Gasteiger partial charge in [-0.2, -0.15) is 11.8 Å². The number of benzene rings is 2. The highest BCUT2D eigenvalue weighted by atomic mass is 35.5. The van der Waals surface area contributed by atoms with Crippen molar-refractivity contribution in [1.82, 2.24) is 5.32 Å². The van der Waals surface area contributed by atoms with Gasteiger partial charge in [0.05, 0.1) is 0 Å². The molecular formula is C19H21ClN2O2S. The van der Waals surface area contributed by atoms with Crippen molar-refractivity contribution in [2.75, 3.05) is 17.3 Å². The first-order valence-electron chi connectivity index (χ1n) is 7.93.